The van der Waals surface area contributed by atoms with Crippen LogP contribution in [-0.2, 0) is 24.3 Å². The molecule has 2 rings (SSSR count). The van der Waals surface area contributed by atoms with Gasteiger partial charge in [0.1, 0.15) is 6.10 Å². The first-order valence-corrected chi connectivity index (χ1v) is 7.50. The smallest absolute Gasteiger partial charge is 0.427 e. The van der Waals surface area contributed by atoms with Crippen LogP contribution in [0.5, 0.6) is 0 Å². The van der Waals surface area contributed by atoms with Crippen LogP contribution in [0.2, 0.25) is 0 Å². The van der Waals surface area contributed by atoms with Crippen molar-refractivity contribution in [3.05, 3.63) is 60.2 Å². The maximum atomic E-state index is 11.8. The molecule has 0 aliphatic rings. The number of hydrogen-bond acceptors (Lipinski definition) is 7. The Morgan fingerprint density at radius 2 is 1.56 bits per heavy atom. The van der Waals surface area contributed by atoms with Gasteiger partial charge in [0.05, 0.1) is 17.2 Å². The maximum Gasteiger partial charge on any atom is 0.543 e. The van der Waals surface area contributed by atoms with E-state index in [2.05, 4.69) is 14.8 Å². The second kappa shape index (κ2) is 9.41. The lowest BCUT2D eigenvalue weighted by atomic mass is 10.0. The Labute approximate surface area is 144 Å². The van der Waals surface area contributed by atoms with Gasteiger partial charge in [0.15, 0.2) is 0 Å². The van der Waals surface area contributed by atoms with Crippen molar-refractivity contribution in [2.24, 2.45) is 0 Å². The van der Waals surface area contributed by atoms with Crippen molar-refractivity contribution in [3.63, 3.8) is 0 Å². The molecule has 0 aromatic heterocycles. The zero-order valence-corrected chi connectivity index (χ0v) is 13.8. The summed E-state index contributed by atoms with van der Waals surface area (Å²) in [6, 6.07) is 16.4. The Bertz CT molecular complexity index is 682. The molecular weight excluding hydrogens is 328 g/mol. The molecule has 7 nitrogen and oxygen atoms in total. The van der Waals surface area contributed by atoms with Crippen LogP contribution >= 0.6 is 0 Å². The molecule has 0 amide bonds. The minimum Gasteiger partial charge on any atom is -0.427 e. The number of carbonyl (C=O) groups excluding carboxylic acids is 2. The van der Waals surface area contributed by atoms with Gasteiger partial charge in [-0.2, -0.15) is 0 Å². The highest BCUT2D eigenvalue weighted by Gasteiger charge is 2.14. The van der Waals surface area contributed by atoms with Crippen molar-refractivity contribution in [1.29, 1.82) is 0 Å². The highest BCUT2D eigenvalue weighted by Crippen LogP contribution is 2.19. The molecule has 2 aromatic carbocycles. The van der Waals surface area contributed by atoms with Crippen molar-refractivity contribution < 1.29 is 33.9 Å². The summed E-state index contributed by atoms with van der Waals surface area (Å²) >= 11 is 0. The number of carbonyl (C=O) groups is 2. The zero-order valence-electron chi connectivity index (χ0n) is 13.8. The van der Waals surface area contributed by atoms with E-state index < -0.39 is 18.2 Å². The Balaban J connectivity index is 1.80. The molecule has 0 bridgehead atoms. The summed E-state index contributed by atoms with van der Waals surface area (Å²) < 4.78 is 9.53. The largest absolute Gasteiger partial charge is 0.543 e. The van der Waals surface area contributed by atoms with E-state index in [1.807, 2.05) is 30.3 Å². The molecule has 0 radical (unpaired) electrons. The van der Waals surface area contributed by atoms with Gasteiger partial charge in [-0.15, -0.1) is 0 Å². The SMILES string of the molecule is COCC(C)OC(=O)OOOC(=O)c1ccc(-c2ccccc2)cc1. The molecule has 0 saturated heterocycles. The van der Waals surface area contributed by atoms with E-state index in [-0.39, 0.29) is 12.2 Å². The third-order valence-corrected chi connectivity index (χ3v) is 3.14. The molecule has 0 heterocycles. The summed E-state index contributed by atoms with van der Waals surface area (Å²) in [5, 5.41) is 4.14. The quantitative estimate of drug-likeness (QED) is 0.431. The fraction of sp³-hybridized carbons (Fsp3) is 0.222. The second-order valence-corrected chi connectivity index (χ2v) is 5.10. The number of rotatable bonds is 7. The third-order valence-electron chi connectivity index (χ3n) is 3.14. The molecule has 0 N–H and O–H groups in total. The van der Waals surface area contributed by atoms with Crippen LogP contribution in [0.4, 0.5) is 4.79 Å². The van der Waals surface area contributed by atoms with Gasteiger partial charge < -0.3 is 9.47 Å². The monoisotopic (exact) mass is 346 g/mol. The lowest BCUT2D eigenvalue weighted by Crippen LogP contribution is -2.21. The van der Waals surface area contributed by atoms with Crippen molar-refractivity contribution in [2.75, 3.05) is 13.7 Å². The lowest BCUT2D eigenvalue weighted by molar-refractivity contribution is -0.453. The van der Waals surface area contributed by atoms with Crippen LogP contribution in [0.1, 0.15) is 17.3 Å². The van der Waals surface area contributed by atoms with Crippen LogP contribution in [0.25, 0.3) is 11.1 Å². The summed E-state index contributed by atoms with van der Waals surface area (Å²) in [4.78, 5) is 31.6. The maximum absolute atomic E-state index is 11.8. The molecule has 0 aliphatic heterocycles. The van der Waals surface area contributed by atoms with Gasteiger partial charge in [-0.25, -0.2) is 14.5 Å². The highest BCUT2D eigenvalue weighted by molar-refractivity contribution is 5.89. The number of methoxy groups -OCH3 is 1. The first kappa shape index (κ1) is 18.4. The molecule has 0 spiro atoms. The van der Waals surface area contributed by atoms with Crippen molar-refractivity contribution in [3.8, 4) is 11.1 Å². The second-order valence-electron chi connectivity index (χ2n) is 5.10. The molecule has 0 saturated carbocycles. The van der Waals surface area contributed by atoms with E-state index in [0.717, 1.165) is 11.1 Å². The molecule has 132 valence electrons. The number of hydrogen-bond donors (Lipinski definition) is 0. The Kier molecular flexibility index (Phi) is 6.94. The predicted octanol–water partition coefficient (Wildman–Crippen LogP) is 3.55. The minimum absolute atomic E-state index is 0.197. The van der Waals surface area contributed by atoms with E-state index in [4.69, 9.17) is 9.47 Å². The molecule has 25 heavy (non-hydrogen) atoms. The number of ether oxygens (including phenoxy) is 2. The van der Waals surface area contributed by atoms with Crippen molar-refractivity contribution in [2.45, 2.75) is 13.0 Å². The number of benzene rings is 2. The zero-order chi connectivity index (χ0) is 18.1. The molecule has 2 aromatic rings. The molecular formula is C18H18O7. The third kappa shape index (κ3) is 5.91. The molecule has 1 unspecified atom stereocenters. The van der Waals surface area contributed by atoms with Crippen LogP contribution in [0.3, 0.4) is 0 Å². The first-order valence-electron chi connectivity index (χ1n) is 7.50. The summed E-state index contributed by atoms with van der Waals surface area (Å²) in [5.41, 5.74) is 2.21. The van der Waals surface area contributed by atoms with Crippen LogP contribution in [0.15, 0.2) is 54.6 Å². The van der Waals surface area contributed by atoms with E-state index >= 15 is 0 Å². The summed E-state index contributed by atoms with van der Waals surface area (Å²) in [6.45, 7) is 1.80. The summed E-state index contributed by atoms with van der Waals surface area (Å²) in [6.07, 6.45) is -1.67. The normalized spacial score (nSPS) is 11.4. The summed E-state index contributed by atoms with van der Waals surface area (Å²) in [7, 11) is 1.46. The first-order chi connectivity index (χ1) is 12.1. The van der Waals surface area contributed by atoms with Crippen molar-refractivity contribution in [1.82, 2.24) is 0 Å². The van der Waals surface area contributed by atoms with Gasteiger partial charge in [-0.05, 0) is 30.2 Å². The van der Waals surface area contributed by atoms with Crippen molar-refractivity contribution >= 4 is 12.1 Å². The van der Waals surface area contributed by atoms with E-state index in [9.17, 15) is 9.59 Å². The van der Waals surface area contributed by atoms with Gasteiger partial charge in [-0.1, -0.05) is 42.5 Å². The molecule has 1 atom stereocenters. The fourth-order valence-electron chi connectivity index (χ4n) is 2.01. The molecule has 0 aliphatic carbocycles. The van der Waals surface area contributed by atoms with E-state index in [0.29, 0.717) is 0 Å². The minimum atomic E-state index is -1.14. The van der Waals surface area contributed by atoms with Gasteiger partial charge in [-0.3, -0.25) is 4.89 Å². The van der Waals surface area contributed by atoms with Gasteiger partial charge in [0.25, 0.3) is 0 Å². The van der Waals surface area contributed by atoms with Gasteiger partial charge in [0.2, 0.25) is 0 Å². The van der Waals surface area contributed by atoms with Crippen LogP contribution in [-0.4, -0.2) is 31.9 Å². The Morgan fingerprint density at radius 1 is 0.920 bits per heavy atom. The average Bonchev–Trinajstić information content (AvgIpc) is 2.62. The predicted molar refractivity (Wildman–Crippen MR) is 87.3 cm³/mol. The fourth-order valence-corrected chi connectivity index (χ4v) is 2.01. The summed E-state index contributed by atoms with van der Waals surface area (Å²) in [5.74, 6) is -0.808. The Morgan fingerprint density at radius 3 is 2.20 bits per heavy atom. The molecule has 7 heteroatoms. The van der Waals surface area contributed by atoms with Crippen LogP contribution < -0.4 is 0 Å². The van der Waals surface area contributed by atoms with E-state index in [1.165, 1.54) is 7.11 Å². The molecule has 0 fully saturated rings. The van der Waals surface area contributed by atoms with Gasteiger partial charge in [0, 0.05) is 7.11 Å². The average molecular weight is 346 g/mol. The lowest BCUT2D eigenvalue weighted by Gasteiger charge is -2.10. The van der Waals surface area contributed by atoms with Gasteiger partial charge >= 0.3 is 12.1 Å². The highest BCUT2D eigenvalue weighted by atomic mass is 17.5. The van der Waals surface area contributed by atoms with Crippen LogP contribution in [0, 0.1) is 0 Å². The van der Waals surface area contributed by atoms with E-state index in [1.54, 1.807) is 31.2 Å². The topological polar surface area (TPSA) is 80.3 Å². The standard InChI is InChI=1S/C18H18O7/c1-13(12-21-2)22-18(20)24-25-23-17(19)16-10-8-15(9-11-16)14-6-4-3-5-7-14/h3-11,13H,12H2,1-2H3. The Hall–Kier alpha value is -2.90.